The summed E-state index contributed by atoms with van der Waals surface area (Å²) < 4.78 is 27.6. The number of hydrogen-bond acceptors (Lipinski definition) is 4. The van der Waals surface area contributed by atoms with Crippen LogP contribution in [0.25, 0.3) is 16.7 Å². The number of rotatable bonds is 6. The first kappa shape index (κ1) is 21.7. The topological polar surface area (TPSA) is 84.3 Å². The van der Waals surface area contributed by atoms with Crippen LogP contribution in [0.2, 0.25) is 0 Å². The van der Waals surface area contributed by atoms with Crippen molar-refractivity contribution in [1.82, 2.24) is 19.2 Å². The van der Waals surface area contributed by atoms with E-state index in [4.69, 9.17) is 0 Å². The molecule has 7 nitrogen and oxygen atoms in total. The number of benzene rings is 3. The van der Waals surface area contributed by atoms with Crippen LogP contribution in [0.1, 0.15) is 21.7 Å². The summed E-state index contributed by atoms with van der Waals surface area (Å²) >= 11 is 0. The Labute approximate surface area is 187 Å². The highest BCUT2D eigenvalue weighted by Crippen LogP contribution is 2.22. The fourth-order valence-electron chi connectivity index (χ4n) is 3.52. The minimum atomic E-state index is -3.47. The van der Waals surface area contributed by atoms with Gasteiger partial charge in [-0.25, -0.2) is 17.7 Å². The molecule has 0 spiro atoms. The number of hydrogen-bond donors (Lipinski definition) is 1. The molecule has 1 aromatic heterocycles. The monoisotopic (exact) mass is 448 g/mol. The van der Waals surface area contributed by atoms with Gasteiger partial charge < -0.3 is 5.32 Å². The number of carbonyl (C=O) groups is 1. The number of aryl methyl sites for hydroxylation is 1. The van der Waals surface area contributed by atoms with E-state index in [1.165, 1.54) is 18.4 Å². The molecule has 0 saturated carbocycles. The lowest BCUT2D eigenvalue weighted by molar-refractivity contribution is 0.0951. The quantitative estimate of drug-likeness (QED) is 0.489. The SMILES string of the molecule is Cc1nc2cc(C(=O)NCc3ccc(S(=O)(=O)N(C)C)cc3)ccc2n1-c1ccccc1. The number of para-hydroxylation sites is 1. The van der Waals surface area contributed by atoms with Crippen LogP contribution >= 0.6 is 0 Å². The third kappa shape index (κ3) is 4.15. The lowest BCUT2D eigenvalue weighted by Crippen LogP contribution is -2.23. The Morgan fingerprint density at radius 2 is 1.69 bits per heavy atom. The minimum absolute atomic E-state index is 0.215. The molecular formula is C24H24N4O3S. The van der Waals surface area contributed by atoms with Crippen molar-refractivity contribution in [3.05, 3.63) is 89.7 Å². The summed E-state index contributed by atoms with van der Waals surface area (Å²) in [6.45, 7) is 2.23. The molecule has 32 heavy (non-hydrogen) atoms. The zero-order chi connectivity index (χ0) is 22.9. The van der Waals surface area contributed by atoms with Crippen LogP contribution in [0, 0.1) is 6.92 Å². The van der Waals surface area contributed by atoms with Gasteiger partial charge in [0.15, 0.2) is 0 Å². The largest absolute Gasteiger partial charge is 0.348 e. The average Bonchev–Trinajstić information content (AvgIpc) is 3.13. The molecule has 1 N–H and O–H groups in total. The van der Waals surface area contributed by atoms with E-state index in [0.29, 0.717) is 5.56 Å². The first-order valence-electron chi connectivity index (χ1n) is 10.1. The van der Waals surface area contributed by atoms with Crippen LogP contribution < -0.4 is 5.32 Å². The average molecular weight is 449 g/mol. The number of imidazole rings is 1. The number of carbonyl (C=O) groups excluding carboxylic acids is 1. The summed E-state index contributed by atoms with van der Waals surface area (Å²) in [6, 6.07) is 21.9. The van der Waals surface area contributed by atoms with Crippen LogP contribution in [0.5, 0.6) is 0 Å². The van der Waals surface area contributed by atoms with Gasteiger partial charge in [-0.15, -0.1) is 0 Å². The molecule has 0 aliphatic rings. The van der Waals surface area contributed by atoms with E-state index >= 15 is 0 Å². The summed E-state index contributed by atoms with van der Waals surface area (Å²) in [7, 11) is -0.492. The molecule has 0 fully saturated rings. The van der Waals surface area contributed by atoms with Crippen molar-refractivity contribution >= 4 is 27.0 Å². The number of nitrogens with one attached hydrogen (secondary N) is 1. The first-order chi connectivity index (χ1) is 15.3. The van der Waals surface area contributed by atoms with Crippen LogP contribution in [-0.4, -0.2) is 42.3 Å². The fraction of sp³-hybridized carbons (Fsp3) is 0.167. The standard InChI is InChI=1S/C24H24N4O3S/c1-17-26-22-15-19(11-14-23(22)28(17)20-7-5-4-6-8-20)24(29)25-16-18-9-12-21(13-10-18)32(30,31)27(2)3/h4-15H,16H2,1-3H3,(H,25,29). The zero-order valence-corrected chi connectivity index (χ0v) is 18.9. The van der Waals surface area contributed by atoms with Crippen LogP contribution in [0.15, 0.2) is 77.7 Å². The maximum Gasteiger partial charge on any atom is 0.251 e. The molecule has 4 aromatic rings. The summed E-state index contributed by atoms with van der Waals surface area (Å²) in [6.07, 6.45) is 0. The molecule has 164 valence electrons. The van der Waals surface area contributed by atoms with E-state index in [2.05, 4.69) is 14.9 Å². The molecule has 8 heteroatoms. The number of nitrogens with zero attached hydrogens (tertiary/aromatic N) is 3. The lowest BCUT2D eigenvalue weighted by Gasteiger charge is -2.12. The van der Waals surface area contributed by atoms with Crippen LogP contribution in [0.4, 0.5) is 0 Å². The highest BCUT2D eigenvalue weighted by Gasteiger charge is 2.17. The second kappa shape index (κ2) is 8.57. The molecule has 0 unspecified atom stereocenters. The molecule has 3 aromatic carbocycles. The van der Waals surface area contributed by atoms with E-state index in [9.17, 15) is 13.2 Å². The smallest absolute Gasteiger partial charge is 0.251 e. The van der Waals surface area contributed by atoms with Gasteiger partial charge in [0.2, 0.25) is 10.0 Å². The molecule has 4 rings (SSSR count). The Kier molecular flexibility index (Phi) is 5.82. The maximum absolute atomic E-state index is 12.7. The third-order valence-electron chi connectivity index (χ3n) is 5.25. The van der Waals surface area contributed by atoms with E-state index in [1.54, 1.807) is 36.4 Å². The molecule has 0 bridgehead atoms. The van der Waals surface area contributed by atoms with Crippen molar-refractivity contribution < 1.29 is 13.2 Å². The number of fused-ring (bicyclic) bond motifs is 1. The molecule has 1 amide bonds. The molecule has 0 atom stereocenters. The van der Waals surface area contributed by atoms with Crippen LogP contribution in [0.3, 0.4) is 0 Å². The summed E-state index contributed by atoms with van der Waals surface area (Å²) in [5.41, 5.74) is 4.02. The van der Waals surface area contributed by atoms with Crippen molar-refractivity contribution in [3.63, 3.8) is 0 Å². The third-order valence-corrected chi connectivity index (χ3v) is 7.08. The van der Waals surface area contributed by atoms with Gasteiger partial charge in [-0.3, -0.25) is 9.36 Å². The van der Waals surface area contributed by atoms with Gasteiger partial charge >= 0.3 is 0 Å². The minimum Gasteiger partial charge on any atom is -0.348 e. The first-order valence-corrected chi connectivity index (χ1v) is 11.6. The molecular weight excluding hydrogens is 424 g/mol. The van der Waals surface area contributed by atoms with Gasteiger partial charge in [-0.1, -0.05) is 30.3 Å². The van der Waals surface area contributed by atoms with Gasteiger partial charge in [0, 0.05) is 31.9 Å². The molecule has 1 heterocycles. The van der Waals surface area contributed by atoms with Crippen LogP contribution in [-0.2, 0) is 16.6 Å². The van der Waals surface area contributed by atoms with E-state index in [0.717, 1.165) is 28.1 Å². The summed E-state index contributed by atoms with van der Waals surface area (Å²) in [5.74, 6) is 0.625. The maximum atomic E-state index is 12.7. The van der Waals surface area contributed by atoms with Crippen molar-refractivity contribution in [2.24, 2.45) is 0 Å². The Hall–Kier alpha value is -3.49. The van der Waals surface area contributed by atoms with Gasteiger partial charge in [-0.05, 0) is 55.0 Å². The van der Waals surface area contributed by atoms with Gasteiger partial charge in [0.1, 0.15) is 5.82 Å². The van der Waals surface area contributed by atoms with Crippen molar-refractivity contribution in [2.45, 2.75) is 18.4 Å². The van der Waals surface area contributed by atoms with Gasteiger partial charge in [0.25, 0.3) is 5.91 Å². The predicted octanol–water partition coefficient (Wildman–Crippen LogP) is 3.51. The molecule has 0 aliphatic heterocycles. The predicted molar refractivity (Wildman–Crippen MR) is 124 cm³/mol. The van der Waals surface area contributed by atoms with E-state index in [1.807, 2.05) is 43.3 Å². The summed E-state index contributed by atoms with van der Waals surface area (Å²) in [5, 5.41) is 2.88. The molecule has 0 radical (unpaired) electrons. The van der Waals surface area contributed by atoms with Gasteiger partial charge in [0.05, 0.1) is 15.9 Å². The van der Waals surface area contributed by atoms with E-state index < -0.39 is 10.0 Å². The van der Waals surface area contributed by atoms with Gasteiger partial charge in [-0.2, -0.15) is 0 Å². The highest BCUT2D eigenvalue weighted by molar-refractivity contribution is 7.89. The second-order valence-electron chi connectivity index (χ2n) is 7.65. The second-order valence-corrected chi connectivity index (χ2v) is 9.80. The summed E-state index contributed by atoms with van der Waals surface area (Å²) in [4.78, 5) is 17.5. The fourth-order valence-corrected chi connectivity index (χ4v) is 4.42. The van der Waals surface area contributed by atoms with Crippen molar-refractivity contribution in [1.29, 1.82) is 0 Å². The zero-order valence-electron chi connectivity index (χ0n) is 18.1. The number of aromatic nitrogens is 2. The van der Waals surface area contributed by atoms with Crippen molar-refractivity contribution in [3.8, 4) is 5.69 Å². The molecule has 0 aliphatic carbocycles. The Morgan fingerprint density at radius 3 is 2.34 bits per heavy atom. The molecule has 0 saturated heterocycles. The van der Waals surface area contributed by atoms with Crippen molar-refractivity contribution in [2.75, 3.05) is 14.1 Å². The Bertz CT molecular complexity index is 1380. The Balaban J connectivity index is 1.50. The Morgan fingerprint density at radius 1 is 1.00 bits per heavy atom. The number of sulfonamides is 1. The van der Waals surface area contributed by atoms with E-state index in [-0.39, 0.29) is 17.3 Å². The normalized spacial score (nSPS) is 11.8. The highest BCUT2D eigenvalue weighted by atomic mass is 32.2. The lowest BCUT2D eigenvalue weighted by atomic mass is 10.1. The number of amides is 1.